The van der Waals surface area contributed by atoms with Crippen LogP contribution in [0.1, 0.15) is 37.8 Å². The average molecular weight is 282 g/mol. The first-order valence-corrected chi connectivity index (χ1v) is 7.37. The van der Waals surface area contributed by atoms with Crippen LogP contribution in [0.2, 0.25) is 0 Å². The highest BCUT2D eigenvalue weighted by molar-refractivity contribution is 5.84. The quantitative estimate of drug-likeness (QED) is 0.695. The van der Waals surface area contributed by atoms with Crippen LogP contribution in [0.3, 0.4) is 0 Å². The predicted molar refractivity (Wildman–Crippen MR) is 81.8 cm³/mol. The minimum Gasteiger partial charge on any atom is -0.273 e. The molecule has 5 heteroatoms. The Balaban J connectivity index is 1.63. The van der Waals surface area contributed by atoms with Crippen molar-refractivity contribution >= 4 is 23.2 Å². The van der Waals surface area contributed by atoms with Crippen molar-refractivity contribution in [3.8, 4) is 0 Å². The number of amides is 1. The zero-order valence-corrected chi connectivity index (χ0v) is 11.8. The molecule has 1 amide bonds. The van der Waals surface area contributed by atoms with Crippen LogP contribution in [0.15, 0.2) is 35.6 Å². The lowest BCUT2D eigenvalue weighted by Crippen LogP contribution is -2.28. The Labute approximate surface area is 123 Å². The molecule has 21 heavy (non-hydrogen) atoms. The Hall–Kier alpha value is -2.30. The minimum atomic E-state index is 0.0136. The van der Waals surface area contributed by atoms with E-state index in [0.717, 1.165) is 36.7 Å². The molecule has 1 aromatic heterocycles. The highest BCUT2D eigenvalue weighted by Gasteiger charge is 2.20. The number of carbonyl (C=O) groups is 1. The van der Waals surface area contributed by atoms with E-state index < -0.39 is 0 Å². The van der Waals surface area contributed by atoms with Crippen molar-refractivity contribution in [2.45, 2.75) is 32.1 Å². The monoisotopic (exact) mass is 282 g/mol. The molecule has 108 valence electrons. The highest BCUT2D eigenvalue weighted by atomic mass is 16.2. The summed E-state index contributed by atoms with van der Waals surface area (Å²) in [7, 11) is 0. The van der Waals surface area contributed by atoms with Crippen LogP contribution in [0, 0.1) is 5.92 Å². The van der Waals surface area contributed by atoms with Gasteiger partial charge >= 0.3 is 0 Å². The van der Waals surface area contributed by atoms with Gasteiger partial charge in [-0.05, 0) is 25.0 Å². The number of para-hydroxylation sites is 2. The van der Waals surface area contributed by atoms with Gasteiger partial charge in [0.15, 0.2) is 0 Å². The zero-order chi connectivity index (χ0) is 14.5. The molecule has 0 unspecified atom stereocenters. The van der Waals surface area contributed by atoms with E-state index in [4.69, 9.17) is 0 Å². The molecule has 1 aliphatic rings. The van der Waals surface area contributed by atoms with E-state index in [1.54, 1.807) is 12.4 Å². The van der Waals surface area contributed by atoms with E-state index in [0.29, 0.717) is 5.69 Å². The smallest absolute Gasteiger partial charge is 0.243 e. The van der Waals surface area contributed by atoms with Gasteiger partial charge in [-0.2, -0.15) is 5.10 Å². The fourth-order valence-electron chi connectivity index (χ4n) is 2.65. The van der Waals surface area contributed by atoms with E-state index in [1.165, 1.54) is 6.42 Å². The Morgan fingerprint density at radius 3 is 2.76 bits per heavy atom. The Bertz CT molecular complexity index is 662. The second-order valence-electron chi connectivity index (χ2n) is 5.35. The van der Waals surface area contributed by atoms with Crippen LogP contribution in [-0.4, -0.2) is 22.1 Å². The third-order valence-corrected chi connectivity index (χ3v) is 3.81. The maximum atomic E-state index is 11.9. The molecule has 3 rings (SSSR count). The molecule has 0 radical (unpaired) electrons. The van der Waals surface area contributed by atoms with Gasteiger partial charge in [0.05, 0.1) is 23.4 Å². The molecular formula is C16H18N4O. The topological polar surface area (TPSA) is 67.2 Å². The van der Waals surface area contributed by atoms with Gasteiger partial charge < -0.3 is 0 Å². The Kier molecular flexibility index (Phi) is 4.19. The van der Waals surface area contributed by atoms with E-state index in [2.05, 4.69) is 20.5 Å². The van der Waals surface area contributed by atoms with Gasteiger partial charge in [-0.3, -0.25) is 9.78 Å². The van der Waals surface area contributed by atoms with Crippen molar-refractivity contribution in [2.75, 3.05) is 0 Å². The number of hydrazone groups is 1. The maximum absolute atomic E-state index is 11.9. The van der Waals surface area contributed by atoms with Crippen molar-refractivity contribution in [3.05, 3.63) is 36.2 Å². The summed E-state index contributed by atoms with van der Waals surface area (Å²) < 4.78 is 0. The first-order chi connectivity index (χ1) is 10.3. The molecule has 1 fully saturated rings. The SMILES string of the molecule is O=C(N/N=C\c1cnc2ccccc2n1)C1CCCCC1. The zero-order valence-electron chi connectivity index (χ0n) is 11.8. The number of carbonyl (C=O) groups excluding carboxylic acids is 1. The second kappa shape index (κ2) is 6.43. The normalized spacial score (nSPS) is 16.4. The van der Waals surface area contributed by atoms with Gasteiger partial charge in [0.2, 0.25) is 5.91 Å². The number of nitrogens with one attached hydrogen (secondary N) is 1. The molecule has 0 atom stereocenters. The van der Waals surface area contributed by atoms with E-state index in [9.17, 15) is 4.79 Å². The predicted octanol–water partition coefficient (Wildman–Crippen LogP) is 2.66. The molecule has 1 aliphatic carbocycles. The number of fused-ring (bicyclic) bond motifs is 1. The molecule has 2 aromatic rings. The van der Waals surface area contributed by atoms with Crippen LogP contribution in [0.4, 0.5) is 0 Å². The number of benzene rings is 1. The molecular weight excluding hydrogens is 264 g/mol. The van der Waals surface area contributed by atoms with Gasteiger partial charge in [0.1, 0.15) is 5.69 Å². The molecule has 5 nitrogen and oxygen atoms in total. The van der Waals surface area contributed by atoms with Crippen LogP contribution < -0.4 is 5.43 Å². The van der Waals surface area contributed by atoms with Crippen molar-refractivity contribution < 1.29 is 4.79 Å². The largest absolute Gasteiger partial charge is 0.273 e. The third kappa shape index (κ3) is 3.42. The number of nitrogens with zero attached hydrogens (tertiary/aromatic N) is 3. The van der Waals surface area contributed by atoms with E-state index >= 15 is 0 Å². The first-order valence-electron chi connectivity index (χ1n) is 7.37. The minimum absolute atomic E-state index is 0.0136. The molecule has 1 saturated carbocycles. The lowest BCUT2D eigenvalue weighted by atomic mass is 9.89. The van der Waals surface area contributed by atoms with Crippen LogP contribution in [-0.2, 0) is 4.79 Å². The maximum Gasteiger partial charge on any atom is 0.243 e. The summed E-state index contributed by atoms with van der Waals surface area (Å²) in [5.41, 5.74) is 4.92. The van der Waals surface area contributed by atoms with Crippen molar-refractivity contribution in [1.82, 2.24) is 15.4 Å². The molecule has 1 aromatic carbocycles. The van der Waals surface area contributed by atoms with Gasteiger partial charge in [-0.1, -0.05) is 31.4 Å². The average Bonchev–Trinajstić information content (AvgIpc) is 2.55. The van der Waals surface area contributed by atoms with Gasteiger partial charge in [-0.25, -0.2) is 10.4 Å². The van der Waals surface area contributed by atoms with Crippen LogP contribution in [0.25, 0.3) is 11.0 Å². The molecule has 0 saturated heterocycles. The molecule has 0 aliphatic heterocycles. The van der Waals surface area contributed by atoms with Gasteiger partial charge in [0, 0.05) is 5.92 Å². The first kappa shape index (κ1) is 13.7. The van der Waals surface area contributed by atoms with Gasteiger partial charge in [0.25, 0.3) is 0 Å². The van der Waals surface area contributed by atoms with E-state index in [1.807, 2.05) is 24.3 Å². The number of hydrogen-bond acceptors (Lipinski definition) is 4. The summed E-state index contributed by atoms with van der Waals surface area (Å²) in [6.45, 7) is 0. The third-order valence-electron chi connectivity index (χ3n) is 3.81. The number of hydrogen-bond donors (Lipinski definition) is 1. The van der Waals surface area contributed by atoms with Crippen molar-refractivity contribution in [1.29, 1.82) is 0 Å². The highest BCUT2D eigenvalue weighted by Crippen LogP contribution is 2.23. The van der Waals surface area contributed by atoms with Crippen LogP contribution in [0.5, 0.6) is 0 Å². The summed E-state index contributed by atoms with van der Waals surface area (Å²) in [5, 5.41) is 4.00. The number of rotatable bonds is 3. The summed E-state index contributed by atoms with van der Waals surface area (Å²) in [6, 6.07) is 7.66. The Morgan fingerprint density at radius 1 is 1.19 bits per heavy atom. The summed E-state index contributed by atoms with van der Waals surface area (Å²) in [6.07, 6.45) is 8.64. The molecule has 0 spiro atoms. The molecule has 0 bridgehead atoms. The summed E-state index contributed by atoms with van der Waals surface area (Å²) in [5.74, 6) is 0.123. The number of aromatic nitrogens is 2. The summed E-state index contributed by atoms with van der Waals surface area (Å²) in [4.78, 5) is 20.7. The standard InChI is InChI=1S/C16H18N4O/c21-16(12-6-2-1-3-7-12)20-18-11-13-10-17-14-8-4-5-9-15(14)19-13/h4-5,8-12H,1-3,6-7H2,(H,20,21)/b18-11-. The molecule has 1 heterocycles. The Morgan fingerprint density at radius 2 is 1.95 bits per heavy atom. The summed E-state index contributed by atoms with van der Waals surface area (Å²) >= 11 is 0. The van der Waals surface area contributed by atoms with Crippen LogP contribution >= 0.6 is 0 Å². The van der Waals surface area contributed by atoms with E-state index in [-0.39, 0.29) is 11.8 Å². The lowest BCUT2D eigenvalue weighted by molar-refractivity contribution is -0.125. The van der Waals surface area contributed by atoms with Crippen molar-refractivity contribution in [2.24, 2.45) is 11.0 Å². The van der Waals surface area contributed by atoms with Gasteiger partial charge in [-0.15, -0.1) is 0 Å². The second-order valence-corrected chi connectivity index (χ2v) is 5.35. The lowest BCUT2D eigenvalue weighted by Gasteiger charge is -2.19. The molecule has 1 N–H and O–H groups in total. The van der Waals surface area contributed by atoms with Crippen molar-refractivity contribution in [3.63, 3.8) is 0 Å². The fourth-order valence-corrected chi connectivity index (χ4v) is 2.65. The fraction of sp³-hybridized carbons (Fsp3) is 0.375.